The van der Waals surface area contributed by atoms with Crippen molar-refractivity contribution in [3.05, 3.63) is 71.9 Å². The lowest BCUT2D eigenvalue weighted by molar-refractivity contribution is -0.141. The fraction of sp³-hybridized carbons (Fsp3) is 0.405. The number of aromatic amines is 1. The number of benzene rings is 2. The van der Waals surface area contributed by atoms with Crippen molar-refractivity contribution in [2.24, 2.45) is 16.5 Å². The highest BCUT2D eigenvalue weighted by Crippen LogP contribution is 2.21. The highest BCUT2D eigenvalue weighted by Gasteiger charge is 2.40. The summed E-state index contributed by atoms with van der Waals surface area (Å²) < 4.78 is 0. The van der Waals surface area contributed by atoms with Crippen molar-refractivity contribution < 1.29 is 33.6 Å². The Morgan fingerprint density at radius 2 is 1.69 bits per heavy atom. The first-order chi connectivity index (χ1) is 26.4. The highest BCUT2D eigenvalue weighted by molar-refractivity contribution is 6.02. The van der Waals surface area contributed by atoms with E-state index < -0.39 is 78.2 Å². The normalized spacial score (nSPS) is 21.5. The summed E-state index contributed by atoms with van der Waals surface area (Å²) in [6.07, 6.45) is 2.78. The predicted octanol–water partition coefficient (Wildman–Crippen LogP) is -1.20. The Kier molecular flexibility index (Phi) is 13.4. The molecule has 18 nitrogen and oxygen atoms in total. The fourth-order valence-electron chi connectivity index (χ4n) is 6.77. The maximum absolute atomic E-state index is 14.2. The summed E-state index contributed by atoms with van der Waals surface area (Å²) in [6.45, 7) is 1.11. The number of guanidine groups is 1. The maximum atomic E-state index is 14.2. The number of imide groups is 1. The molecule has 0 bridgehead atoms. The highest BCUT2D eigenvalue weighted by atomic mass is 16.2. The summed E-state index contributed by atoms with van der Waals surface area (Å²) in [6, 6.07) is 9.37. The molecule has 2 aliphatic heterocycles. The number of aliphatic imine (C=N–C) groups is 1. The Balaban J connectivity index is 1.44. The molecule has 55 heavy (non-hydrogen) atoms. The third kappa shape index (κ3) is 10.8. The molecule has 2 fully saturated rings. The van der Waals surface area contributed by atoms with E-state index in [0.717, 1.165) is 16.5 Å². The van der Waals surface area contributed by atoms with Gasteiger partial charge < -0.3 is 47.9 Å². The molecule has 5 atom stereocenters. The Bertz CT molecular complexity index is 1930. The van der Waals surface area contributed by atoms with E-state index in [1.165, 1.54) is 11.8 Å². The monoisotopic (exact) mass is 757 g/mol. The van der Waals surface area contributed by atoms with Crippen LogP contribution in [0.3, 0.4) is 0 Å². The van der Waals surface area contributed by atoms with Crippen molar-refractivity contribution >= 4 is 58.3 Å². The van der Waals surface area contributed by atoms with E-state index in [9.17, 15) is 33.6 Å². The number of aromatic nitrogens is 1. The van der Waals surface area contributed by atoms with Crippen LogP contribution >= 0.6 is 0 Å². The number of carbonyl (C=O) groups excluding carboxylic acids is 7. The second-order valence-corrected chi connectivity index (χ2v) is 13.5. The van der Waals surface area contributed by atoms with Crippen LogP contribution in [0.2, 0.25) is 0 Å². The molecule has 18 heteroatoms. The van der Waals surface area contributed by atoms with Gasteiger partial charge in [-0.3, -0.25) is 39.1 Å². The van der Waals surface area contributed by atoms with Gasteiger partial charge in [0.1, 0.15) is 30.2 Å². The summed E-state index contributed by atoms with van der Waals surface area (Å²) >= 11 is 0. The number of carbonyl (C=O) groups is 7. The second-order valence-electron chi connectivity index (χ2n) is 13.5. The van der Waals surface area contributed by atoms with Gasteiger partial charge in [-0.05, 0) is 42.9 Å². The van der Waals surface area contributed by atoms with Crippen molar-refractivity contribution in [2.45, 2.75) is 75.7 Å². The number of fused-ring (bicyclic) bond motifs is 2. The summed E-state index contributed by atoms with van der Waals surface area (Å²) in [5, 5.41) is 16.4. The van der Waals surface area contributed by atoms with E-state index in [1.54, 1.807) is 30.5 Å². The van der Waals surface area contributed by atoms with Gasteiger partial charge in [0.05, 0.1) is 0 Å². The molecular weight excluding hydrogens is 710 g/mol. The Labute approximate surface area is 317 Å². The van der Waals surface area contributed by atoms with Gasteiger partial charge in [0.15, 0.2) is 5.96 Å². The van der Waals surface area contributed by atoms with E-state index >= 15 is 0 Å². The number of urea groups is 1. The van der Waals surface area contributed by atoms with E-state index in [0.29, 0.717) is 12.0 Å². The van der Waals surface area contributed by atoms with Gasteiger partial charge in [0.2, 0.25) is 29.5 Å². The van der Waals surface area contributed by atoms with Crippen molar-refractivity contribution in [3.63, 3.8) is 0 Å². The second kappa shape index (κ2) is 18.5. The summed E-state index contributed by atoms with van der Waals surface area (Å²) in [4.78, 5) is 103. The topological polar surface area (TPSA) is 275 Å². The molecule has 2 aliphatic rings. The Hall–Kier alpha value is -6.46. The van der Waals surface area contributed by atoms with E-state index in [4.69, 9.17) is 11.5 Å². The minimum absolute atomic E-state index is 0.000385. The van der Waals surface area contributed by atoms with Gasteiger partial charge in [-0.1, -0.05) is 48.5 Å². The number of rotatable bonds is 11. The number of nitrogens with zero attached hydrogens (tertiary/aromatic N) is 2. The lowest BCUT2D eigenvalue weighted by Gasteiger charge is -2.30. The molecule has 2 saturated heterocycles. The van der Waals surface area contributed by atoms with Crippen LogP contribution in [0.5, 0.6) is 0 Å². The van der Waals surface area contributed by atoms with Crippen LogP contribution in [0.15, 0.2) is 65.8 Å². The van der Waals surface area contributed by atoms with Crippen molar-refractivity contribution in [1.29, 1.82) is 0 Å². The van der Waals surface area contributed by atoms with Crippen LogP contribution in [0.4, 0.5) is 4.79 Å². The van der Waals surface area contributed by atoms with E-state index in [2.05, 4.69) is 41.9 Å². The molecular formula is C37H47N11O7. The zero-order valence-electron chi connectivity index (χ0n) is 30.4. The summed E-state index contributed by atoms with van der Waals surface area (Å²) in [7, 11) is 0. The van der Waals surface area contributed by atoms with Crippen molar-refractivity contribution in [3.8, 4) is 0 Å². The third-order valence-electron chi connectivity index (χ3n) is 9.45. The molecule has 0 saturated carbocycles. The molecule has 1 aromatic heterocycles. The van der Waals surface area contributed by atoms with E-state index in [-0.39, 0.29) is 51.2 Å². The van der Waals surface area contributed by atoms with Crippen LogP contribution in [0.1, 0.15) is 43.7 Å². The molecule has 0 radical (unpaired) electrons. The molecule has 3 heterocycles. The van der Waals surface area contributed by atoms with Gasteiger partial charge in [-0.2, -0.15) is 0 Å². The first-order valence-corrected chi connectivity index (χ1v) is 18.1. The van der Waals surface area contributed by atoms with Crippen LogP contribution < -0.4 is 43.4 Å². The van der Waals surface area contributed by atoms with Gasteiger partial charge in [0, 0.05) is 56.5 Å². The number of hydrogen-bond donors (Lipinski definition) is 9. The smallest absolute Gasteiger partial charge is 0.322 e. The van der Waals surface area contributed by atoms with Gasteiger partial charge in [0.25, 0.3) is 5.91 Å². The molecule has 0 aliphatic carbocycles. The Morgan fingerprint density at radius 3 is 2.44 bits per heavy atom. The first-order valence-electron chi connectivity index (χ1n) is 18.1. The number of nitrogens with two attached hydrogens (primary N) is 2. The molecule has 2 aromatic carbocycles. The van der Waals surface area contributed by atoms with Crippen LogP contribution in [0.25, 0.3) is 10.9 Å². The molecule has 11 N–H and O–H groups in total. The van der Waals surface area contributed by atoms with Crippen molar-refractivity contribution in [2.75, 3.05) is 19.6 Å². The molecule has 8 amide bonds. The molecule has 2 unspecified atom stereocenters. The average Bonchev–Trinajstić information content (AvgIpc) is 3.81. The molecule has 3 aromatic rings. The number of amides is 8. The fourth-order valence-corrected chi connectivity index (χ4v) is 6.77. The zero-order chi connectivity index (χ0) is 39.5. The first kappa shape index (κ1) is 39.7. The largest absolute Gasteiger partial charge is 0.370 e. The molecule has 5 rings (SSSR count). The van der Waals surface area contributed by atoms with Crippen molar-refractivity contribution in [1.82, 2.24) is 41.8 Å². The number of H-pyrrole nitrogens is 1. The maximum Gasteiger partial charge on any atom is 0.322 e. The van der Waals surface area contributed by atoms with Crippen LogP contribution in [-0.2, 0) is 41.6 Å². The zero-order valence-corrected chi connectivity index (χ0v) is 30.4. The minimum Gasteiger partial charge on any atom is -0.370 e. The summed E-state index contributed by atoms with van der Waals surface area (Å²) in [5.41, 5.74) is 13.2. The number of hydrogen-bond acceptors (Lipinski definition) is 8. The van der Waals surface area contributed by atoms with Crippen LogP contribution in [-0.4, -0.2) is 107 Å². The molecule has 0 spiro atoms. The van der Waals surface area contributed by atoms with Gasteiger partial charge in [-0.25, -0.2) is 4.79 Å². The summed E-state index contributed by atoms with van der Waals surface area (Å²) in [5.74, 6) is -4.20. The SMILES string of the molecule is CC(=O)N[C@@H](Cc1ccccc1)C(=O)NC1CNC(=O)[C@H](CCCN=C(N)N)NC(=O)[C@H](Cc2c[nH]c3ccccc23)NC(=O)NC(=O)C2CCCN2C1=O. The van der Waals surface area contributed by atoms with Gasteiger partial charge >= 0.3 is 6.03 Å². The quantitative estimate of drug-likeness (QED) is 0.0645. The van der Waals surface area contributed by atoms with E-state index in [1.807, 2.05) is 30.3 Å². The van der Waals surface area contributed by atoms with Crippen LogP contribution in [0, 0.1) is 0 Å². The lowest BCUT2D eigenvalue weighted by Crippen LogP contribution is -2.60. The lowest BCUT2D eigenvalue weighted by atomic mass is 10.0. The predicted molar refractivity (Wildman–Crippen MR) is 202 cm³/mol. The standard InChI is InChI=1S/C37H47N11O7/c1-21(49)43-27(17-22-9-3-2-4-10-22)32(51)45-29-20-42-31(50)26(13-7-15-40-36(38)39)44-33(52)28(18-23-19-41-25-12-6-5-11-24(23)25)46-37(55)47-34(53)30-14-8-16-48(30)35(29)54/h2-6,9-12,19,26-30,41H,7-8,13-18,20H2,1H3,(H,42,50)(H,43,49)(H,44,52)(H,45,51)(H4,38,39,40)(H2,46,47,53,55)/t26-,27-,28-,29?,30?/m0/s1. The average molecular weight is 758 g/mol. The number of nitrogens with one attached hydrogen (secondary N) is 7. The Morgan fingerprint density at radius 1 is 0.945 bits per heavy atom. The third-order valence-corrected chi connectivity index (χ3v) is 9.45. The van der Waals surface area contributed by atoms with Gasteiger partial charge in [-0.15, -0.1) is 0 Å². The minimum atomic E-state index is -1.40. The molecule has 292 valence electrons. The number of para-hydroxylation sites is 1.